The first-order chi connectivity index (χ1) is 9.88. The van der Waals surface area contributed by atoms with E-state index in [1.165, 1.54) is 63.5 Å². The van der Waals surface area contributed by atoms with Crippen LogP contribution in [-0.4, -0.2) is 11.5 Å². The van der Waals surface area contributed by atoms with Gasteiger partial charge in [0, 0.05) is 12.2 Å². The second-order valence-electron chi connectivity index (χ2n) is 5.63. The fourth-order valence-electron chi connectivity index (χ4n) is 2.67. The minimum atomic E-state index is 0.432. The predicted molar refractivity (Wildman–Crippen MR) is 87.9 cm³/mol. The molecule has 2 heteroatoms. The lowest BCUT2D eigenvalue weighted by atomic mass is 10.0. The highest BCUT2D eigenvalue weighted by molar-refractivity contribution is 5.08. The van der Waals surface area contributed by atoms with Crippen LogP contribution in [0.2, 0.25) is 0 Å². The minimum absolute atomic E-state index is 0.432. The van der Waals surface area contributed by atoms with Crippen molar-refractivity contribution in [1.29, 1.82) is 0 Å². The molecule has 114 valence electrons. The summed E-state index contributed by atoms with van der Waals surface area (Å²) in [7, 11) is 0. The summed E-state index contributed by atoms with van der Waals surface area (Å²) in [5.41, 5.74) is 1.19. The van der Waals surface area contributed by atoms with Crippen LogP contribution in [0, 0.1) is 0 Å². The summed E-state index contributed by atoms with van der Waals surface area (Å²) in [5, 5.41) is 3.56. The zero-order valence-electron chi connectivity index (χ0n) is 13.4. The standard InChI is InChI=1S/C18H32N2/c1-3-5-6-7-8-9-10-11-14-17(19-4-2)18-15-12-13-16-20-18/h12-13,15-17,19H,3-11,14H2,1-2H3. The van der Waals surface area contributed by atoms with Crippen molar-refractivity contribution in [3.63, 3.8) is 0 Å². The number of pyridine rings is 1. The normalized spacial score (nSPS) is 12.5. The molecule has 0 aliphatic carbocycles. The lowest BCUT2D eigenvalue weighted by Crippen LogP contribution is -2.21. The van der Waals surface area contributed by atoms with Gasteiger partial charge in [-0.2, -0.15) is 0 Å². The van der Waals surface area contributed by atoms with E-state index >= 15 is 0 Å². The Bertz CT molecular complexity index is 310. The van der Waals surface area contributed by atoms with Crippen molar-refractivity contribution in [3.05, 3.63) is 30.1 Å². The Hall–Kier alpha value is -0.890. The van der Waals surface area contributed by atoms with Crippen molar-refractivity contribution in [3.8, 4) is 0 Å². The maximum absolute atomic E-state index is 4.48. The van der Waals surface area contributed by atoms with E-state index in [2.05, 4.69) is 36.3 Å². The fraction of sp³-hybridized carbons (Fsp3) is 0.722. The molecule has 1 aromatic heterocycles. The topological polar surface area (TPSA) is 24.9 Å². The molecule has 1 N–H and O–H groups in total. The van der Waals surface area contributed by atoms with Crippen LogP contribution in [0.15, 0.2) is 24.4 Å². The summed E-state index contributed by atoms with van der Waals surface area (Å²) in [4.78, 5) is 4.48. The molecule has 1 aromatic rings. The second kappa shape index (κ2) is 11.9. The van der Waals surface area contributed by atoms with Gasteiger partial charge in [0.15, 0.2) is 0 Å². The SMILES string of the molecule is CCCCCCCCCCC(NCC)c1ccccn1. The monoisotopic (exact) mass is 276 g/mol. The van der Waals surface area contributed by atoms with E-state index in [0.717, 1.165) is 6.54 Å². The van der Waals surface area contributed by atoms with Crippen LogP contribution in [0.5, 0.6) is 0 Å². The molecule has 0 aliphatic rings. The van der Waals surface area contributed by atoms with Crippen LogP contribution in [0.3, 0.4) is 0 Å². The quantitative estimate of drug-likeness (QED) is 0.526. The number of nitrogens with zero attached hydrogens (tertiary/aromatic N) is 1. The Morgan fingerprint density at radius 2 is 1.65 bits per heavy atom. The van der Waals surface area contributed by atoms with E-state index in [9.17, 15) is 0 Å². The van der Waals surface area contributed by atoms with E-state index in [4.69, 9.17) is 0 Å². The third kappa shape index (κ3) is 7.64. The number of rotatable bonds is 12. The van der Waals surface area contributed by atoms with Gasteiger partial charge in [0.25, 0.3) is 0 Å². The summed E-state index contributed by atoms with van der Waals surface area (Å²) in [6, 6.07) is 6.64. The molecule has 1 rings (SSSR count). The average molecular weight is 276 g/mol. The Morgan fingerprint density at radius 3 is 2.25 bits per heavy atom. The van der Waals surface area contributed by atoms with Crippen LogP contribution in [0.4, 0.5) is 0 Å². The van der Waals surface area contributed by atoms with Gasteiger partial charge in [-0.05, 0) is 25.1 Å². The van der Waals surface area contributed by atoms with Crippen molar-refractivity contribution in [2.24, 2.45) is 0 Å². The largest absolute Gasteiger partial charge is 0.309 e. The maximum atomic E-state index is 4.48. The molecule has 0 aromatic carbocycles. The van der Waals surface area contributed by atoms with Gasteiger partial charge in [0.05, 0.1) is 5.69 Å². The predicted octanol–water partition coefficient (Wildman–Crippen LogP) is 5.26. The molecule has 0 saturated carbocycles. The first kappa shape index (κ1) is 17.2. The number of aromatic nitrogens is 1. The molecule has 0 fully saturated rings. The molecule has 0 radical (unpaired) electrons. The Balaban J connectivity index is 2.14. The second-order valence-corrected chi connectivity index (χ2v) is 5.63. The van der Waals surface area contributed by atoms with E-state index in [0.29, 0.717) is 6.04 Å². The number of nitrogens with one attached hydrogen (secondary N) is 1. The molecule has 0 aliphatic heterocycles. The molecular formula is C18H32N2. The Morgan fingerprint density at radius 1 is 0.950 bits per heavy atom. The molecule has 1 heterocycles. The van der Waals surface area contributed by atoms with Gasteiger partial charge in [-0.25, -0.2) is 0 Å². The molecular weight excluding hydrogens is 244 g/mol. The van der Waals surface area contributed by atoms with Crippen LogP contribution in [0.1, 0.15) is 83.4 Å². The highest BCUT2D eigenvalue weighted by Gasteiger charge is 2.10. The van der Waals surface area contributed by atoms with Crippen molar-refractivity contribution < 1.29 is 0 Å². The zero-order chi connectivity index (χ0) is 14.5. The van der Waals surface area contributed by atoms with Gasteiger partial charge in [-0.1, -0.05) is 71.3 Å². The lowest BCUT2D eigenvalue weighted by Gasteiger charge is -2.17. The van der Waals surface area contributed by atoms with E-state index in [1.54, 1.807) is 0 Å². The first-order valence-electron chi connectivity index (χ1n) is 8.52. The van der Waals surface area contributed by atoms with Crippen molar-refractivity contribution in [2.75, 3.05) is 6.54 Å². The molecule has 0 bridgehead atoms. The summed E-state index contributed by atoms with van der Waals surface area (Å²) >= 11 is 0. The summed E-state index contributed by atoms with van der Waals surface area (Å²) in [6.45, 7) is 5.46. The van der Waals surface area contributed by atoms with Gasteiger partial charge < -0.3 is 5.32 Å². The summed E-state index contributed by atoms with van der Waals surface area (Å²) < 4.78 is 0. The van der Waals surface area contributed by atoms with Crippen LogP contribution in [-0.2, 0) is 0 Å². The summed E-state index contributed by atoms with van der Waals surface area (Å²) in [6.07, 6.45) is 14.2. The highest BCUT2D eigenvalue weighted by Crippen LogP contribution is 2.18. The minimum Gasteiger partial charge on any atom is -0.309 e. The van der Waals surface area contributed by atoms with Crippen molar-refractivity contribution >= 4 is 0 Å². The molecule has 0 saturated heterocycles. The van der Waals surface area contributed by atoms with Crippen molar-refractivity contribution in [1.82, 2.24) is 10.3 Å². The smallest absolute Gasteiger partial charge is 0.0573 e. The highest BCUT2D eigenvalue weighted by atomic mass is 14.9. The van der Waals surface area contributed by atoms with Gasteiger partial charge in [0.2, 0.25) is 0 Å². The molecule has 1 atom stereocenters. The third-order valence-electron chi connectivity index (χ3n) is 3.84. The van der Waals surface area contributed by atoms with Crippen LogP contribution < -0.4 is 5.32 Å². The van der Waals surface area contributed by atoms with Gasteiger partial charge in [-0.3, -0.25) is 4.98 Å². The van der Waals surface area contributed by atoms with Crippen molar-refractivity contribution in [2.45, 2.75) is 77.7 Å². The first-order valence-corrected chi connectivity index (χ1v) is 8.52. The van der Waals surface area contributed by atoms with Gasteiger partial charge in [-0.15, -0.1) is 0 Å². The summed E-state index contributed by atoms with van der Waals surface area (Å²) in [5.74, 6) is 0. The van der Waals surface area contributed by atoms with E-state index < -0.39 is 0 Å². The Kier molecular flexibility index (Phi) is 10.2. The van der Waals surface area contributed by atoms with Gasteiger partial charge >= 0.3 is 0 Å². The van der Waals surface area contributed by atoms with Crippen LogP contribution >= 0.6 is 0 Å². The fourth-order valence-corrected chi connectivity index (χ4v) is 2.67. The van der Waals surface area contributed by atoms with E-state index in [1.807, 2.05) is 12.3 Å². The molecule has 20 heavy (non-hydrogen) atoms. The number of hydrogen-bond donors (Lipinski definition) is 1. The van der Waals surface area contributed by atoms with Crippen LogP contribution in [0.25, 0.3) is 0 Å². The van der Waals surface area contributed by atoms with Gasteiger partial charge in [0.1, 0.15) is 0 Å². The van der Waals surface area contributed by atoms with E-state index in [-0.39, 0.29) is 0 Å². The maximum Gasteiger partial charge on any atom is 0.0573 e. The average Bonchev–Trinajstić information content (AvgIpc) is 2.50. The number of hydrogen-bond acceptors (Lipinski definition) is 2. The molecule has 2 nitrogen and oxygen atoms in total. The Labute approximate surface area is 125 Å². The molecule has 0 spiro atoms. The third-order valence-corrected chi connectivity index (χ3v) is 3.84. The molecule has 1 unspecified atom stereocenters. The molecule has 0 amide bonds. The zero-order valence-corrected chi connectivity index (χ0v) is 13.4. The number of unbranched alkanes of at least 4 members (excludes halogenated alkanes) is 7. The lowest BCUT2D eigenvalue weighted by molar-refractivity contribution is 0.467.